The topological polar surface area (TPSA) is 80.3 Å². The molecule has 0 atom stereocenters. The molecule has 0 saturated carbocycles. The fourth-order valence-corrected chi connectivity index (χ4v) is 2.54. The summed E-state index contributed by atoms with van der Waals surface area (Å²) in [7, 11) is 1.29. The average Bonchev–Trinajstić information content (AvgIpc) is 2.79. The Kier molecular flexibility index (Phi) is 10.6. The summed E-state index contributed by atoms with van der Waals surface area (Å²) in [5, 5.41) is 0. The van der Waals surface area contributed by atoms with Crippen LogP contribution in [0.4, 0.5) is 8.78 Å². The zero-order chi connectivity index (χ0) is 22.5. The van der Waals surface area contributed by atoms with Gasteiger partial charge in [0.25, 0.3) is 0 Å². The van der Waals surface area contributed by atoms with E-state index in [-0.39, 0.29) is 45.4 Å². The van der Waals surface area contributed by atoms with Crippen molar-refractivity contribution in [3.8, 4) is 5.75 Å². The summed E-state index contributed by atoms with van der Waals surface area (Å²) in [6.07, 6.45) is 0. The van der Waals surface area contributed by atoms with E-state index in [9.17, 15) is 18.4 Å². The van der Waals surface area contributed by atoms with Gasteiger partial charge in [0.05, 0.1) is 51.3 Å². The second-order valence-electron chi connectivity index (χ2n) is 6.10. The van der Waals surface area contributed by atoms with Crippen molar-refractivity contribution in [2.75, 3.05) is 46.8 Å². The van der Waals surface area contributed by atoms with Crippen LogP contribution in [0.1, 0.15) is 26.3 Å². The van der Waals surface area contributed by atoms with Crippen molar-refractivity contribution in [1.82, 2.24) is 0 Å². The van der Waals surface area contributed by atoms with Crippen molar-refractivity contribution in [3.63, 3.8) is 0 Å². The lowest BCUT2D eigenvalue weighted by Gasteiger charge is -2.11. The third-order valence-electron chi connectivity index (χ3n) is 4.03. The van der Waals surface area contributed by atoms with Crippen LogP contribution < -0.4 is 4.74 Å². The molecule has 7 nitrogen and oxygen atoms in total. The quantitative estimate of drug-likeness (QED) is 0.254. The predicted molar refractivity (Wildman–Crippen MR) is 107 cm³/mol. The molecular weight excluding hydrogens is 414 g/mol. The summed E-state index contributed by atoms with van der Waals surface area (Å²) in [5.74, 6) is -0.310. The summed E-state index contributed by atoms with van der Waals surface area (Å²) in [6, 6.07) is 13.0. The Labute approximate surface area is 178 Å². The molecule has 0 radical (unpaired) electrons. The van der Waals surface area contributed by atoms with Crippen LogP contribution in [-0.2, 0) is 18.9 Å². The maximum atomic E-state index is 12.8. The van der Waals surface area contributed by atoms with Gasteiger partial charge >= 0.3 is 12.6 Å². The first-order valence-corrected chi connectivity index (χ1v) is 9.53. The van der Waals surface area contributed by atoms with E-state index in [0.29, 0.717) is 22.4 Å². The lowest BCUT2D eigenvalue weighted by molar-refractivity contribution is -0.140. The van der Waals surface area contributed by atoms with Gasteiger partial charge in [0.2, 0.25) is 0 Å². The molecule has 168 valence electrons. The van der Waals surface area contributed by atoms with Gasteiger partial charge in [0.1, 0.15) is 12.4 Å². The molecule has 2 aromatic carbocycles. The maximum Gasteiger partial charge on any atom is 0.345 e. The standard InChI is InChI=1S/C22H24F2O7/c1-27-21(26)17-8-6-16(7-9-17)20(25)18-4-2-3-5-19(18)30-14-12-28-10-11-29-13-15-31-22(23)24/h2-9,22H,10-15H2,1H3. The van der Waals surface area contributed by atoms with Crippen molar-refractivity contribution >= 4 is 11.8 Å². The highest BCUT2D eigenvalue weighted by atomic mass is 19.3. The third-order valence-corrected chi connectivity index (χ3v) is 4.03. The van der Waals surface area contributed by atoms with E-state index in [2.05, 4.69) is 9.47 Å². The van der Waals surface area contributed by atoms with Gasteiger partial charge in [0.15, 0.2) is 5.78 Å². The Morgan fingerprint density at radius 2 is 1.39 bits per heavy atom. The molecule has 0 aromatic heterocycles. The van der Waals surface area contributed by atoms with Crippen LogP contribution in [0.3, 0.4) is 0 Å². The van der Waals surface area contributed by atoms with Gasteiger partial charge in [-0.15, -0.1) is 0 Å². The number of hydrogen-bond donors (Lipinski definition) is 0. The van der Waals surface area contributed by atoms with Gasteiger partial charge in [-0.3, -0.25) is 4.79 Å². The fraction of sp³-hybridized carbons (Fsp3) is 0.364. The first-order valence-electron chi connectivity index (χ1n) is 9.53. The second-order valence-corrected chi connectivity index (χ2v) is 6.10. The van der Waals surface area contributed by atoms with Gasteiger partial charge < -0.3 is 23.7 Å². The Morgan fingerprint density at radius 1 is 0.806 bits per heavy atom. The summed E-state index contributed by atoms with van der Waals surface area (Å²) < 4.78 is 48.3. The van der Waals surface area contributed by atoms with Crippen molar-refractivity contribution in [2.45, 2.75) is 6.61 Å². The van der Waals surface area contributed by atoms with Crippen LogP contribution in [0.2, 0.25) is 0 Å². The molecule has 9 heteroatoms. The molecule has 0 aliphatic rings. The number of esters is 1. The summed E-state index contributed by atoms with van der Waals surface area (Å²) in [4.78, 5) is 24.3. The van der Waals surface area contributed by atoms with Gasteiger partial charge in [0, 0.05) is 5.56 Å². The number of para-hydroxylation sites is 1. The number of ether oxygens (including phenoxy) is 5. The minimum atomic E-state index is -2.80. The highest BCUT2D eigenvalue weighted by Crippen LogP contribution is 2.22. The van der Waals surface area contributed by atoms with Gasteiger partial charge in [-0.25, -0.2) is 4.79 Å². The molecule has 0 aliphatic heterocycles. The number of rotatable bonds is 14. The minimum absolute atomic E-state index is 0.0558. The molecule has 0 N–H and O–H groups in total. The molecule has 0 bridgehead atoms. The molecule has 0 saturated heterocycles. The lowest BCUT2D eigenvalue weighted by Crippen LogP contribution is -2.14. The number of carbonyl (C=O) groups is 2. The molecule has 0 aliphatic carbocycles. The van der Waals surface area contributed by atoms with E-state index in [0.717, 1.165) is 0 Å². The Bertz CT molecular complexity index is 825. The van der Waals surface area contributed by atoms with Crippen LogP contribution >= 0.6 is 0 Å². The molecule has 0 spiro atoms. The van der Waals surface area contributed by atoms with Crippen LogP contribution in [-0.4, -0.2) is 65.1 Å². The van der Waals surface area contributed by atoms with Gasteiger partial charge in [-0.2, -0.15) is 8.78 Å². The van der Waals surface area contributed by atoms with Crippen LogP contribution in [0.25, 0.3) is 0 Å². The van der Waals surface area contributed by atoms with Crippen LogP contribution in [0, 0.1) is 0 Å². The normalized spacial score (nSPS) is 10.8. The van der Waals surface area contributed by atoms with Crippen molar-refractivity contribution in [3.05, 3.63) is 65.2 Å². The largest absolute Gasteiger partial charge is 0.490 e. The van der Waals surface area contributed by atoms with Crippen LogP contribution in [0.5, 0.6) is 5.75 Å². The van der Waals surface area contributed by atoms with Crippen molar-refractivity contribution in [1.29, 1.82) is 0 Å². The van der Waals surface area contributed by atoms with E-state index >= 15 is 0 Å². The van der Waals surface area contributed by atoms with Gasteiger partial charge in [-0.1, -0.05) is 24.3 Å². The number of benzene rings is 2. The average molecular weight is 438 g/mol. The van der Waals surface area contributed by atoms with E-state index in [1.807, 2.05) is 0 Å². The Hall–Kier alpha value is -2.88. The molecule has 2 aromatic rings. The predicted octanol–water partition coefficient (Wildman–Crippen LogP) is 3.36. The van der Waals surface area contributed by atoms with E-state index in [1.54, 1.807) is 36.4 Å². The van der Waals surface area contributed by atoms with Crippen molar-refractivity contribution in [2.24, 2.45) is 0 Å². The maximum absolute atomic E-state index is 12.8. The fourth-order valence-electron chi connectivity index (χ4n) is 2.54. The molecule has 0 unspecified atom stereocenters. The lowest BCUT2D eigenvalue weighted by atomic mass is 10.0. The minimum Gasteiger partial charge on any atom is -0.490 e. The number of alkyl halides is 2. The molecule has 0 fully saturated rings. The molecule has 31 heavy (non-hydrogen) atoms. The molecule has 2 rings (SSSR count). The highest BCUT2D eigenvalue weighted by molar-refractivity contribution is 6.11. The van der Waals surface area contributed by atoms with Gasteiger partial charge in [-0.05, 0) is 24.3 Å². The number of halogens is 2. The first kappa shape index (κ1) is 24.4. The number of methoxy groups -OCH3 is 1. The van der Waals surface area contributed by atoms with Crippen molar-refractivity contribution < 1.29 is 42.1 Å². The zero-order valence-electron chi connectivity index (χ0n) is 17.1. The Balaban J connectivity index is 1.78. The van der Waals surface area contributed by atoms with E-state index in [4.69, 9.17) is 14.2 Å². The first-order chi connectivity index (χ1) is 15.0. The second kappa shape index (κ2) is 13.4. The monoisotopic (exact) mass is 438 g/mol. The number of ketones is 1. The highest BCUT2D eigenvalue weighted by Gasteiger charge is 2.15. The molecule has 0 amide bonds. The summed E-state index contributed by atoms with van der Waals surface area (Å²) >= 11 is 0. The smallest absolute Gasteiger partial charge is 0.345 e. The van der Waals surface area contributed by atoms with Crippen LogP contribution in [0.15, 0.2) is 48.5 Å². The number of hydrogen-bond acceptors (Lipinski definition) is 7. The molecule has 0 heterocycles. The zero-order valence-corrected chi connectivity index (χ0v) is 17.1. The third kappa shape index (κ3) is 8.41. The SMILES string of the molecule is COC(=O)c1ccc(C(=O)c2ccccc2OCCOCCOCCOC(F)F)cc1. The Morgan fingerprint density at radius 3 is 2.03 bits per heavy atom. The van der Waals surface area contributed by atoms with E-state index in [1.165, 1.54) is 19.2 Å². The summed E-state index contributed by atoms with van der Waals surface area (Å²) in [6.45, 7) is -1.95. The summed E-state index contributed by atoms with van der Waals surface area (Å²) in [5.41, 5.74) is 1.15. The number of carbonyl (C=O) groups excluding carboxylic acids is 2. The molecular formula is C22H24F2O7. The van der Waals surface area contributed by atoms with E-state index < -0.39 is 12.6 Å².